The Bertz CT molecular complexity index is 1060. The van der Waals surface area contributed by atoms with Crippen LogP contribution in [0, 0.1) is 0 Å². The van der Waals surface area contributed by atoms with E-state index in [0.29, 0.717) is 11.1 Å². The Morgan fingerprint density at radius 1 is 0.636 bits per heavy atom. The molecule has 0 radical (unpaired) electrons. The maximum absolute atomic E-state index is 11.5. The number of carbonyl (C=O) groups is 2. The molecule has 0 unspecified atom stereocenters. The average Bonchev–Trinajstić information content (AvgIpc) is 2.58. The number of hydrogen-bond acceptors (Lipinski definition) is 2. The third-order valence-corrected chi connectivity index (χ3v) is 4.19. The highest BCUT2D eigenvalue weighted by molar-refractivity contribution is 6.18. The van der Waals surface area contributed by atoms with Gasteiger partial charge in [-0.3, -0.25) is 9.59 Å². The number of aldehydes is 2. The summed E-state index contributed by atoms with van der Waals surface area (Å²) in [5.41, 5.74) is 0.900. The maximum atomic E-state index is 11.5. The van der Waals surface area contributed by atoms with Gasteiger partial charge < -0.3 is 0 Å². The molecule has 2 nitrogen and oxygen atoms in total. The number of benzene rings is 4. The van der Waals surface area contributed by atoms with Crippen molar-refractivity contribution in [2.45, 2.75) is 0 Å². The summed E-state index contributed by atoms with van der Waals surface area (Å²) in [5.74, 6) is 0. The van der Waals surface area contributed by atoms with Crippen LogP contribution in [0.3, 0.4) is 0 Å². The predicted octanol–water partition coefficient (Wildman–Crippen LogP) is 4.77. The van der Waals surface area contributed by atoms with Gasteiger partial charge in [0.1, 0.15) is 0 Å². The third kappa shape index (κ3) is 1.74. The second-order valence-corrected chi connectivity index (χ2v) is 5.39. The SMILES string of the molecule is O=Cc1ccc2ccc3cc4ccccc4cc3c2c1C=O. The van der Waals surface area contributed by atoms with E-state index in [9.17, 15) is 9.59 Å². The Morgan fingerprint density at radius 3 is 2.05 bits per heavy atom. The fourth-order valence-corrected chi connectivity index (χ4v) is 3.11. The summed E-state index contributed by atoms with van der Waals surface area (Å²) < 4.78 is 0. The molecular formula is C20H12O2. The largest absolute Gasteiger partial charge is 0.298 e. The Morgan fingerprint density at radius 2 is 1.32 bits per heavy atom. The normalized spacial score (nSPS) is 11.1. The molecule has 0 bridgehead atoms. The van der Waals surface area contributed by atoms with Crippen LogP contribution < -0.4 is 0 Å². The minimum absolute atomic E-state index is 0.433. The summed E-state index contributed by atoms with van der Waals surface area (Å²) in [6.07, 6.45) is 1.52. The van der Waals surface area contributed by atoms with Gasteiger partial charge in [-0.15, -0.1) is 0 Å². The van der Waals surface area contributed by atoms with Crippen LogP contribution in [0.15, 0.2) is 60.7 Å². The fraction of sp³-hybridized carbons (Fsp3) is 0. The number of carbonyl (C=O) groups excluding carboxylic acids is 2. The number of hydrogen-bond donors (Lipinski definition) is 0. The van der Waals surface area contributed by atoms with Gasteiger partial charge in [0.25, 0.3) is 0 Å². The highest BCUT2D eigenvalue weighted by Crippen LogP contribution is 2.32. The molecule has 0 aromatic heterocycles. The van der Waals surface area contributed by atoms with Crippen LogP contribution in [0.25, 0.3) is 32.3 Å². The van der Waals surface area contributed by atoms with Gasteiger partial charge in [-0.1, -0.05) is 48.5 Å². The lowest BCUT2D eigenvalue weighted by Crippen LogP contribution is -1.93. The van der Waals surface area contributed by atoms with Crippen LogP contribution >= 0.6 is 0 Å². The molecular weight excluding hydrogens is 272 g/mol. The maximum Gasteiger partial charge on any atom is 0.151 e. The standard InChI is InChI=1S/C20H12O2/c21-11-17-8-6-13-5-7-16-9-14-3-1-2-4-15(14)10-18(16)20(13)19(17)12-22/h1-12H. The summed E-state index contributed by atoms with van der Waals surface area (Å²) in [6.45, 7) is 0. The van der Waals surface area contributed by atoms with Crippen LogP contribution in [0.2, 0.25) is 0 Å². The highest BCUT2D eigenvalue weighted by atomic mass is 16.1. The molecule has 0 spiro atoms. The van der Waals surface area contributed by atoms with Crippen molar-refractivity contribution in [3.63, 3.8) is 0 Å². The zero-order valence-electron chi connectivity index (χ0n) is 11.7. The lowest BCUT2D eigenvalue weighted by atomic mass is 9.93. The summed E-state index contributed by atoms with van der Waals surface area (Å²) in [6, 6.07) is 20.0. The van der Waals surface area contributed by atoms with Crippen molar-refractivity contribution in [1.82, 2.24) is 0 Å². The van der Waals surface area contributed by atoms with Gasteiger partial charge in [-0.05, 0) is 39.1 Å². The first-order valence-corrected chi connectivity index (χ1v) is 7.10. The van der Waals surface area contributed by atoms with E-state index in [4.69, 9.17) is 0 Å². The highest BCUT2D eigenvalue weighted by Gasteiger charge is 2.10. The Balaban J connectivity index is 2.28. The van der Waals surface area contributed by atoms with E-state index in [-0.39, 0.29) is 0 Å². The van der Waals surface area contributed by atoms with Gasteiger partial charge in [-0.25, -0.2) is 0 Å². The predicted molar refractivity (Wildman–Crippen MR) is 89.7 cm³/mol. The molecule has 4 aromatic carbocycles. The van der Waals surface area contributed by atoms with Gasteiger partial charge >= 0.3 is 0 Å². The van der Waals surface area contributed by atoms with Crippen molar-refractivity contribution in [1.29, 1.82) is 0 Å². The van der Waals surface area contributed by atoms with Crippen molar-refractivity contribution in [3.8, 4) is 0 Å². The second kappa shape index (κ2) is 4.78. The summed E-state index contributed by atoms with van der Waals surface area (Å²) in [7, 11) is 0. The van der Waals surface area contributed by atoms with E-state index in [1.165, 1.54) is 0 Å². The topological polar surface area (TPSA) is 34.1 Å². The van der Waals surface area contributed by atoms with E-state index in [1.807, 2.05) is 24.3 Å². The molecule has 0 fully saturated rings. The van der Waals surface area contributed by atoms with Crippen molar-refractivity contribution in [2.24, 2.45) is 0 Å². The minimum atomic E-state index is 0.433. The summed E-state index contributed by atoms with van der Waals surface area (Å²) in [4.78, 5) is 22.8. The Kier molecular flexibility index (Phi) is 2.76. The minimum Gasteiger partial charge on any atom is -0.298 e. The molecule has 2 heteroatoms. The van der Waals surface area contributed by atoms with Crippen LogP contribution in [-0.4, -0.2) is 12.6 Å². The molecule has 0 N–H and O–H groups in total. The second-order valence-electron chi connectivity index (χ2n) is 5.39. The zero-order chi connectivity index (χ0) is 15.1. The monoisotopic (exact) mass is 284 g/mol. The molecule has 4 rings (SSSR count). The lowest BCUT2D eigenvalue weighted by molar-refractivity contribution is 0.109. The molecule has 0 aliphatic rings. The quantitative estimate of drug-likeness (QED) is 0.302. The van der Waals surface area contributed by atoms with E-state index >= 15 is 0 Å². The summed E-state index contributed by atoms with van der Waals surface area (Å²) in [5, 5.41) is 6.17. The van der Waals surface area contributed by atoms with Gasteiger partial charge in [0.05, 0.1) is 0 Å². The smallest absolute Gasteiger partial charge is 0.151 e. The third-order valence-electron chi connectivity index (χ3n) is 4.19. The van der Waals surface area contributed by atoms with E-state index in [0.717, 1.165) is 44.9 Å². The van der Waals surface area contributed by atoms with Crippen LogP contribution in [-0.2, 0) is 0 Å². The van der Waals surface area contributed by atoms with Gasteiger partial charge in [0.15, 0.2) is 12.6 Å². The van der Waals surface area contributed by atoms with Gasteiger partial charge in [0.2, 0.25) is 0 Å². The number of fused-ring (bicyclic) bond motifs is 4. The van der Waals surface area contributed by atoms with Gasteiger partial charge in [0, 0.05) is 16.5 Å². The molecule has 4 aromatic rings. The zero-order valence-corrected chi connectivity index (χ0v) is 11.7. The Labute approximate surface area is 127 Å². The first kappa shape index (κ1) is 12.7. The molecule has 104 valence electrons. The van der Waals surface area contributed by atoms with Crippen LogP contribution in [0.4, 0.5) is 0 Å². The first-order valence-electron chi connectivity index (χ1n) is 7.10. The summed E-state index contributed by atoms with van der Waals surface area (Å²) >= 11 is 0. The first-order chi connectivity index (χ1) is 10.8. The molecule has 0 atom stereocenters. The number of rotatable bonds is 2. The van der Waals surface area contributed by atoms with Crippen molar-refractivity contribution < 1.29 is 9.59 Å². The van der Waals surface area contributed by atoms with Crippen molar-refractivity contribution in [2.75, 3.05) is 0 Å². The molecule has 0 heterocycles. The lowest BCUT2D eigenvalue weighted by Gasteiger charge is -2.09. The molecule has 0 aliphatic carbocycles. The fourth-order valence-electron chi connectivity index (χ4n) is 3.11. The van der Waals surface area contributed by atoms with Crippen molar-refractivity contribution in [3.05, 3.63) is 71.8 Å². The molecule has 0 amide bonds. The van der Waals surface area contributed by atoms with E-state index in [2.05, 4.69) is 30.3 Å². The van der Waals surface area contributed by atoms with Gasteiger partial charge in [-0.2, -0.15) is 0 Å². The van der Waals surface area contributed by atoms with E-state index < -0.39 is 0 Å². The van der Waals surface area contributed by atoms with Crippen LogP contribution in [0.5, 0.6) is 0 Å². The van der Waals surface area contributed by atoms with E-state index in [1.54, 1.807) is 6.07 Å². The Hall–Kier alpha value is -3.00. The molecule has 22 heavy (non-hydrogen) atoms. The van der Waals surface area contributed by atoms with Crippen molar-refractivity contribution >= 4 is 44.9 Å². The molecule has 0 saturated carbocycles. The molecule has 0 aliphatic heterocycles. The molecule has 0 saturated heterocycles. The average molecular weight is 284 g/mol. The van der Waals surface area contributed by atoms with Crippen LogP contribution in [0.1, 0.15) is 20.7 Å².